The lowest BCUT2D eigenvalue weighted by atomic mass is 10.3. The average Bonchev–Trinajstić information content (AvgIpc) is 2.85. The standard InChI is InChI=1S/C15H20N4O3S2/c1-12-11-23-15(19(12)9-4-10-24(20,21)22)17-16-13-5-7-14(8-6-13)18(2)3/h5-8,11H,4,9-10H2,1-3H3. The van der Waals surface area contributed by atoms with Crippen LogP contribution in [0.4, 0.5) is 16.5 Å². The molecule has 0 saturated heterocycles. The average molecular weight is 368 g/mol. The van der Waals surface area contributed by atoms with Gasteiger partial charge in [0, 0.05) is 30.9 Å². The molecule has 0 amide bonds. The van der Waals surface area contributed by atoms with Gasteiger partial charge in [-0.15, -0.1) is 0 Å². The van der Waals surface area contributed by atoms with Crippen molar-refractivity contribution >= 4 is 38.0 Å². The van der Waals surface area contributed by atoms with Gasteiger partial charge >= 0.3 is 5.13 Å². The number of thiazole rings is 1. The molecule has 1 aromatic carbocycles. The molecule has 0 spiro atoms. The first kappa shape index (κ1) is 18.5. The largest absolute Gasteiger partial charge is 0.748 e. The molecule has 0 radical (unpaired) electrons. The van der Waals surface area contributed by atoms with E-state index in [1.54, 1.807) is 0 Å². The fraction of sp³-hybridized carbons (Fsp3) is 0.400. The first-order valence-corrected chi connectivity index (χ1v) is 9.82. The third kappa shape index (κ3) is 5.36. The summed E-state index contributed by atoms with van der Waals surface area (Å²) in [7, 11) is -0.251. The molecular formula is C15H20N4O3S2. The van der Waals surface area contributed by atoms with Crippen molar-refractivity contribution in [1.82, 2.24) is 0 Å². The fourth-order valence-corrected chi connectivity index (χ4v) is 3.42. The van der Waals surface area contributed by atoms with Crippen LogP contribution in [0.5, 0.6) is 0 Å². The number of nitrogens with zero attached hydrogens (tertiary/aromatic N) is 4. The highest BCUT2D eigenvalue weighted by atomic mass is 32.2. The minimum absolute atomic E-state index is 0.258. The minimum Gasteiger partial charge on any atom is -0.748 e. The number of anilines is 1. The molecule has 0 N–H and O–H groups in total. The van der Waals surface area contributed by atoms with Gasteiger partial charge in [0.05, 0.1) is 21.8 Å². The molecule has 24 heavy (non-hydrogen) atoms. The molecular weight excluding hydrogens is 348 g/mol. The Bertz CT molecular complexity index is 812. The van der Waals surface area contributed by atoms with Crippen molar-refractivity contribution in [3.63, 3.8) is 0 Å². The van der Waals surface area contributed by atoms with Crippen LogP contribution in [-0.2, 0) is 16.7 Å². The summed E-state index contributed by atoms with van der Waals surface area (Å²) in [5, 5.41) is 11.1. The zero-order valence-corrected chi connectivity index (χ0v) is 15.5. The Morgan fingerprint density at radius 3 is 2.46 bits per heavy atom. The van der Waals surface area contributed by atoms with Gasteiger partial charge in [0.1, 0.15) is 11.4 Å². The summed E-state index contributed by atoms with van der Waals surface area (Å²) >= 11 is 1.43. The maximum absolute atomic E-state index is 10.7. The molecule has 1 heterocycles. The second kappa shape index (κ2) is 7.82. The lowest BCUT2D eigenvalue weighted by molar-refractivity contribution is -0.686. The van der Waals surface area contributed by atoms with E-state index in [9.17, 15) is 13.0 Å². The zero-order valence-electron chi connectivity index (χ0n) is 13.8. The maximum atomic E-state index is 10.7. The first-order chi connectivity index (χ1) is 11.3. The SMILES string of the molecule is Cc1csc(/N=N/c2ccc(N(C)C)cc2)[n+]1CCCS(=O)(=O)[O-]. The summed E-state index contributed by atoms with van der Waals surface area (Å²) in [5.41, 5.74) is 2.77. The van der Waals surface area contributed by atoms with Crippen LogP contribution >= 0.6 is 11.3 Å². The van der Waals surface area contributed by atoms with Gasteiger partial charge in [0.15, 0.2) is 0 Å². The fourth-order valence-electron chi connectivity index (χ4n) is 2.08. The molecule has 2 rings (SSSR count). The second-order valence-electron chi connectivity index (χ2n) is 5.54. The molecule has 0 saturated carbocycles. The third-order valence-corrected chi connectivity index (χ3v) is 5.15. The number of rotatable bonds is 7. The topological polar surface area (TPSA) is 89.0 Å². The highest BCUT2D eigenvalue weighted by Gasteiger charge is 2.16. The van der Waals surface area contributed by atoms with Gasteiger partial charge in [-0.25, -0.2) is 13.0 Å². The first-order valence-electron chi connectivity index (χ1n) is 7.37. The zero-order chi connectivity index (χ0) is 17.7. The van der Waals surface area contributed by atoms with E-state index in [-0.39, 0.29) is 12.2 Å². The Morgan fingerprint density at radius 1 is 1.21 bits per heavy atom. The number of benzene rings is 1. The van der Waals surface area contributed by atoms with Gasteiger partial charge in [-0.1, -0.05) is 0 Å². The summed E-state index contributed by atoms with van der Waals surface area (Å²) in [5.74, 6) is -0.377. The van der Waals surface area contributed by atoms with Crippen LogP contribution in [0.25, 0.3) is 0 Å². The van der Waals surface area contributed by atoms with Crippen molar-refractivity contribution in [3.8, 4) is 0 Å². The predicted octanol–water partition coefficient (Wildman–Crippen LogP) is 2.76. The number of aryl methyl sites for hydroxylation is 1. The molecule has 0 atom stereocenters. The van der Waals surface area contributed by atoms with Crippen molar-refractivity contribution in [2.24, 2.45) is 10.2 Å². The van der Waals surface area contributed by atoms with Crippen LogP contribution in [0.1, 0.15) is 12.1 Å². The van der Waals surface area contributed by atoms with Crippen LogP contribution in [0.3, 0.4) is 0 Å². The maximum Gasteiger partial charge on any atom is 0.408 e. The van der Waals surface area contributed by atoms with E-state index < -0.39 is 10.1 Å². The normalized spacial score (nSPS) is 12.0. The Kier molecular flexibility index (Phi) is 6.03. The van der Waals surface area contributed by atoms with Crippen molar-refractivity contribution in [3.05, 3.63) is 35.3 Å². The Balaban J connectivity index is 2.09. The molecule has 0 aliphatic carbocycles. The second-order valence-corrected chi connectivity index (χ2v) is 7.90. The van der Waals surface area contributed by atoms with E-state index in [4.69, 9.17) is 0 Å². The van der Waals surface area contributed by atoms with E-state index in [0.29, 0.717) is 11.7 Å². The highest BCUT2D eigenvalue weighted by Crippen LogP contribution is 2.22. The quantitative estimate of drug-likeness (QED) is 0.427. The number of azo groups is 1. The highest BCUT2D eigenvalue weighted by molar-refractivity contribution is 7.85. The van der Waals surface area contributed by atoms with E-state index in [2.05, 4.69) is 10.2 Å². The van der Waals surface area contributed by atoms with E-state index >= 15 is 0 Å². The molecule has 7 nitrogen and oxygen atoms in total. The van der Waals surface area contributed by atoms with E-state index in [0.717, 1.165) is 17.1 Å². The van der Waals surface area contributed by atoms with Crippen LogP contribution < -0.4 is 9.47 Å². The van der Waals surface area contributed by atoms with E-state index in [1.165, 1.54) is 11.3 Å². The lowest BCUT2D eigenvalue weighted by Gasteiger charge is -2.11. The third-order valence-electron chi connectivity index (χ3n) is 3.38. The summed E-state index contributed by atoms with van der Waals surface area (Å²) < 4.78 is 34.0. The molecule has 9 heteroatoms. The molecule has 0 bridgehead atoms. The molecule has 0 aliphatic heterocycles. The van der Waals surface area contributed by atoms with Gasteiger partial charge in [-0.3, -0.25) is 0 Å². The van der Waals surface area contributed by atoms with Gasteiger partial charge in [-0.05, 0) is 54.1 Å². The Morgan fingerprint density at radius 2 is 1.88 bits per heavy atom. The number of hydrogen-bond donors (Lipinski definition) is 0. The van der Waals surface area contributed by atoms with Crippen molar-refractivity contribution in [1.29, 1.82) is 0 Å². The monoisotopic (exact) mass is 368 g/mol. The van der Waals surface area contributed by atoms with Crippen molar-refractivity contribution in [2.75, 3.05) is 24.7 Å². The summed E-state index contributed by atoms with van der Waals surface area (Å²) in [6, 6.07) is 7.68. The number of aromatic nitrogens is 1. The van der Waals surface area contributed by atoms with Crippen molar-refractivity contribution < 1.29 is 17.5 Å². The van der Waals surface area contributed by atoms with Crippen LogP contribution in [0, 0.1) is 6.92 Å². The van der Waals surface area contributed by atoms with Gasteiger partial charge in [0.2, 0.25) is 0 Å². The smallest absolute Gasteiger partial charge is 0.408 e. The van der Waals surface area contributed by atoms with Gasteiger partial charge < -0.3 is 9.45 Å². The molecule has 2 aromatic rings. The number of hydrogen-bond acceptors (Lipinski definition) is 7. The van der Waals surface area contributed by atoms with Gasteiger partial charge in [0.25, 0.3) is 0 Å². The van der Waals surface area contributed by atoms with Crippen LogP contribution in [0.15, 0.2) is 39.9 Å². The summed E-state index contributed by atoms with van der Waals surface area (Å²) in [4.78, 5) is 2.00. The molecule has 130 valence electrons. The van der Waals surface area contributed by atoms with Gasteiger partial charge in [-0.2, -0.15) is 0 Å². The predicted molar refractivity (Wildman–Crippen MR) is 93.4 cm³/mol. The molecule has 0 aliphatic rings. The molecule has 1 aromatic heterocycles. The molecule has 0 fully saturated rings. The summed E-state index contributed by atoms with van der Waals surface area (Å²) in [6.07, 6.45) is 0.258. The van der Waals surface area contributed by atoms with E-state index in [1.807, 2.05) is 60.1 Å². The van der Waals surface area contributed by atoms with Crippen LogP contribution in [0.2, 0.25) is 0 Å². The summed E-state index contributed by atoms with van der Waals surface area (Å²) in [6.45, 7) is 2.33. The minimum atomic E-state index is -4.19. The Labute approximate surface area is 146 Å². The van der Waals surface area contributed by atoms with Crippen molar-refractivity contribution in [2.45, 2.75) is 19.9 Å². The van der Waals surface area contributed by atoms with Crippen LogP contribution in [-0.4, -0.2) is 32.8 Å². The Hall–Kier alpha value is -1.84. The molecule has 0 unspecified atom stereocenters. The lowest BCUT2D eigenvalue weighted by Crippen LogP contribution is -2.35.